The Balaban J connectivity index is 1.23. The summed E-state index contributed by atoms with van der Waals surface area (Å²) in [7, 11) is 0. The maximum Gasteiger partial charge on any atom is 0.221 e. The lowest BCUT2D eigenvalue weighted by Crippen LogP contribution is -2.24. The molecule has 5 rings (SSSR count). The molecule has 0 aliphatic carbocycles. The number of ether oxygens (including phenoxy) is 1. The van der Waals surface area contributed by atoms with Gasteiger partial charge >= 0.3 is 0 Å². The van der Waals surface area contributed by atoms with E-state index >= 15 is 0 Å². The number of nitrogens with zero attached hydrogens (tertiary/aromatic N) is 2. The highest BCUT2D eigenvalue weighted by molar-refractivity contribution is 5.83. The van der Waals surface area contributed by atoms with Gasteiger partial charge in [0.2, 0.25) is 5.89 Å². The van der Waals surface area contributed by atoms with E-state index in [4.69, 9.17) is 9.15 Å². The van der Waals surface area contributed by atoms with Gasteiger partial charge in [0, 0.05) is 36.7 Å². The van der Waals surface area contributed by atoms with Crippen molar-refractivity contribution in [2.24, 2.45) is 0 Å². The summed E-state index contributed by atoms with van der Waals surface area (Å²) in [6.07, 6.45) is 0.523. The Hall–Kier alpha value is -2.70. The molecule has 2 atom stereocenters. The minimum atomic E-state index is -1.01. The number of benzene rings is 2. The fourth-order valence-corrected chi connectivity index (χ4v) is 3.76. The van der Waals surface area contributed by atoms with Gasteiger partial charge in [0.05, 0.1) is 0 Å². The predicted octanol–water partition coefficient (Wildman–Crippen LogP) is 4.05. The normalized spacial score (nSPS) is 20.8. The van der Waals surface area contributed by atoms with Crippen molar-refractivity contribution in [3.63, 3.8) is 0 Å². The van der Waals surface area contributed by atoms with Crippen LogP contribution < -0.4 is 0 Å². The molecule has 1 N–H and O–H groups in total. The Kier molecular flexibility index (Phi) is 4.14. The van der Waals surface area contributed by atoms with Crippen molar-refractivity contribution in [3.05, 3.63) is 66.2 Å². The number of aromatic nitrogens is 2. The van der Waals surface area contributed by atoms with E-state index in [1.54, 1.807) is 0 Å². The first-order valence-electron chi connectivity index (χ1n) is 9.14. The minimum absolute atomic E-state index is 0.181. The third-order valence-corrected chi connectivity index (χ3v) is 5.10. The largest absolute Gasteiger partial charge is 0.438 e. The van der Waals surface area contributed by atoms with Crippen LogP contribution in [-0.4, -0.2) is 40.2 Å². The van der Waals surface area contributed by atoms with Crippen molar-refractivity contribution in [2.75, 3.05) is 13.1 Å². The number of aromatic amines is 1. The van der Waals surface area contributed by atoms with E-state index in [0.29, 0.717) is 25.5 Å². The average Bonchev–Trinajstić information content (AvgIpc) is 3.37. The van der Waals surface area contributed by atoms with Crippen LogP contribution in [0.15, 0.2) is 59.1 Å². The summed E-state index contributed by atoms with van der Waals surface area (Å²) < 4.78 is 25.9. The molecule has 2 aromatic heterocycles. The van der Waals surface area contributed by atoms with Crippen LogP contribution in [0.1, 0.15) is 11.5 Å². The highest BCUT2D eigenvalue weighted by Gasteiger charge is 2.34. The Bertz CT molecular complexity index is 1040. The number of hydrogen-bond acceptors (Lipinski definition) is 4. The molecule has 1 aliphatic heterocycles. The summed E-state index contributed by atoms with van der Waals surface area (Å²) in [4.78, 5) is 9.75. The van der Waals surface area contributed by atoms with Crippen LogP contribution in [0.4, 0.5) is 4.39 Å². The number of nitrogens with one attached hydrogen (secondary N) is 1. The second-order valence-corrected chi connectivity index (χ2v) is 6.99. The maximum atomic E-state index is 14.5. The highest BCUT2D eigenvalue weighted by Crippen LogP contribution is 2.24. The van der Waals surface area contributed by atoms with Crippen LogP contribution in [-0.2, 0) is 17.9 Å². The monoisotopic (exact) mass is 365 g/mol. The fraction of sp³-hybridized carbons (Fsp3) is 0.286. The van der Waals surface area contributed by atoms with Crippen LogP contribution in [0.5, 0.6) is 0 Å². The Labute approximate surface area is 155 Å². The Morgan fingerprint density at radius 3 is 2.93 bits per heavy atom. The third kappa shape index (κ3) is 3.22. The second kappa shape index (κ2) is 6.79. The molecule has 27 heavy (non-hydrogen) atoms. The number of likely N-dealkylation sites (tertiary alicyclic amines) is 1. The van der Waals surface area contributed by atoms with Crippen LogP contribution in [0, 0.1) is 0 Å². The molecule has 0 amide bonds. The summed E-state index contributed by atoms with van der Waals surface area (Å²) in [6.45, 7) is 1.81. The lowest BCUT2D eigenvalue weighted by molar-refractivity contribution is 0.00239. The number of para-hydroxylation sites is 3. The zero-order valence-electron chi connectivity index (χ0n) is 14.8. The number of oxazole rings is 1. The molecule has 0 radical (unpaired) electrons. The first kappa shape index (κ1) is 16.5. The first-order valence-corrected chi connectivity index (χ1v) is 9.14. The van der Waals surface area contributed by atoms with Gasteiger partial charge < -0.3 is 14.1 Å². The second-order valence-electron chi connectivity index (χ2n) is 6.99. The Morgan fingerprint density at radius 2 is 2.00 bits per heavy atom. The highest BCUT2D eigenvalue weighted by atomic mass is 19.1. The summed E-state index contributed by atoms with van der Waals surface area (Å²) >= 11 is 0. The van der Waals surface area contributed by atoms with E-state index in [9.17, 15) is 4.39 Å². The van der Waals surface area contributed by atoms with Gasteiger partial charge in [0.15, 0.2) is 5.58 Å². The summed E-state index contributed by atoms with van der Waals surface area (Å²) in [5, 5.41) is 1.18. The number of rotatable bonds is 5. The van der Waals surface area contributed by atoms with Gasteiger partial charge in [0.25, 0.3) is 0 Å². The summed E-state index contributed by atoms with van der Waals surface area (Å²) in [6, 6.07) is 15.7. The standard InChI is InChI=1S/C21H20FN3O2/c22-16-11-25(10-14-9-23-17-6-2-1-5-15(14)17)12-20(16)26-13-21-24-18-7-3-4-8-19(18)27-21/h1-9,16,20,23H,10-13H2. The SMILES string of the molecule is FC1CN(Cc2c[nH]c3ccccc23)CC1OCc1nc2ccccc2o1. The van der Waals surface area contributed by atoms with Crippen LogP contribution in [0.2, 0.25) is 0 Å². The maximum absolute atomic E-state index is 14.5. The third-order valence-electron chi connectivity index (χ3n) is 5.10. The summed E-state index contributed by atoms with van der Waals surface area (Å²) in [5.74, 6) is 0.485. The molecule has 6 heteroatoms. The molecule has 0 spiro atoms. The zero-order chi connectivity index (χ0) is 18.2. The van der Waals surface area contributed by atoms with E-state index in [1.165, 1.54) is 10.9 Å². The van der Waals surface area contributed by atoms with Gasteiger partial charge in [-0.1, -0.05) is 30.3 Å². The van der Waals surface area contributed by atoms with E-state index in [2.05, 4.69) is 20.9 Å². The fourth-order valence-electron chi connectivity index (χ4n) is 3.76. The molecule has 5 nitrogen and oxygen atoms in total. The van der Waals surface area contributed by atoms with Gasteiger partial charge in [-0.2, -0.15) is 0 Å². The zero-order valence-corrected chi connectivity index (χ0v) is 14.8. The van der Waals surface area contributed by atoms with Gasteiger partial charge in [-0.15, -0.1) is 0 Å². The number of alkyl halides is 1. The van der Waals surface area contributed by atoms with Gasteiger partial charge in [-0.25, -0.2) is 9.37 Å². The molecule has 3 heterocycles. The first-order chi connectivity index (χ1) is 13.3. The van der Waals surface area contributed by atoms with E-state index in [-0.39, 0.29) is 6.61 Å². The number of fused-ring (bicyclic) bond motifs is 2. The molecule has 4 aromatic rings. The van der Waals surface area contributed by atoms with E-state index < -0.39 is 12.3 Å². The van der Waals surface area contributed by atoms with Crippen LogP contribution >= 0.6 is 0 Å². The quantitative estimate of drug-likeness (QED) is 0.580. The predicted molar refractivity (Wildman–Crippen MR) is 101 cm³/mol. The van der Waals surface area contributed by atoms with E-state index in [0.717, 1.165) is 16.6 Å². The Morgan fingerprint density at radius 1 is 1.15 bits per heavy atom. The van der Waals surface area contributed by atoms with Crippen LogP contribution in [0.25, 0.3) is 22.0 Å². The molecular formula is C21H20FN3O2. The minimum Gasteiger partial charge on any atom is -0.438 e. The van der Waals surface area contributed by atoms with Crippen molar-refractivity contribution < 1.29 is 13.5 Å². The van der Waals surface area contributed by atoms with Gasteiger partial charge in [0.1, 0.15) is 24.4 Å². The molecule has 0 bridgehead atoms. The van der Waals surface area contributed by atoms with Crippen molar-refractivity contribution in [1.82, 2.24) is 14.9 Å². The number of halogens is 1. The van der Waals surface area contributed by atoms with E-state index in [1.807, 2.05) is 48.7 Å². The van der Waals surface area contributed by atoms with Crippen LogP contribution in [0.3, 0.4) is 0 Å². The number of H-pyrrole nitrogens is 1. The number of hydrogen-bond donors (Lipinski definition) is 1. The molecule has 0 saturated carbocycles. The van der Waals surface area contributed by atoms with Gasteiger partial charge in [-0.3, -0.25) is 4.90 Å². The molecule has 1 fully saturated rings. The van der Waals surface area contributed by atoms with Gasteiger partial charge in [-0.05, 0) is 23.8 Å². The smallest absolute Gasteiger partial charge is 0.221 e. The topological polar surface area (TPSA) is 54.3 Å². The molecule has 2 aromatic carbocycles. The molecule has 2 unspecified atom stereocenters. The van der Waals surface area contributed by atoms with Crippen molar-refractivity contribution >= 4 is 22.0 Å². The average molecular weight is 365 g/mol. The lowest BCUT2D eigenvalue weighted by atomic mass is 10.2. The molecular weight excluding hydrogens is 345 g/mol. The lowest BCUT2D eigenvalue weighted by Gasteiger charge is -2.15. The molecule has 1 saturated heterocycles. The molecule has 138 valence electrons. The van der Waals surface area contributed by atoms with Crippen molar-refractivity contribution in [1.29, 1.82) is 0 Å². The van der Waals surface area contributed by atoms with Crippen molar-refractivity contribution in [3.8, 4) is 0 Å². The molecule has 1 aliphatic rings. The van der Waals surface area contributed by atoms with Crippen molar-refractivity contribution in [2.45, 2.75) is 25.4 Å². The summed E-state index contributed by atoms with van der Waals surface area (Å²) in [5.41, 5.74) is 3.80.